The summed E-state index contributed by atoms with van der Waals surface area (Å²) in [6.07, 6.45) is 6.29. The smallest absolute Gasteiger partial charge is 0.267 e. The molecule has 1 saturated carbocycles. The first-order chi connectivity index (χ1) is 13.1. The topological polar surface area (TPSA) is 73.2 Å². The molecule has 2 aliphatic rings. The van der Waals surface area contributed by atoms with Crippen molar-refractivity contribution in [2.45, 2.75) is 64.2 Å². The summed E-state index contributed by atoms with van der Waals surface area (Å²) in [5.74, 6) is 0.378. The highest BCUT2D eigenvalue weighted by Crippen LogP contribution is 2.33. The standard InChI is InChI=1S/C21H25N3O3/c1-14-21-17(13-27-14)11-20(26)24(23-21)12-19(25)22-18-9-7-16(8-10-18)15-5-3-2-4-6-15/h7-11,14-15H,2-6,12-13H2,1H3,(H,22,25). The van der Waals surface area contributed by atoms with E-state index in [1.54, 1.807) is 0 Å². The zero-order valence-corrected chi connectivity index (χ0v) is 15.6. The van der Waals surface area contributed by atoms with Crippen LogP contribution < -0.4 is 10.9 Å². The van der Waals surface area contributed by atoms with Crippen molar-refractivity contribution in [3.05, 3.63) is 57.5 Å². The Balaban J connectivity index is 1.41. The molecule has 1 aliphatic heterocycles. The number of hydrogen-bond donors (Lipinski definition) is 1. The second kappa shape index (κ2) is 7.64. The molecule has 2 aromatic rings. The summed E-state index contributed by atoms with van der Waals surface area (Å²) >= 11 is 0. The van der Waals surface area contributed by atoms with Crippen LogP contribution in [0.25, 0.3) is 0 Å². The average molecular weight is 367 g/mol. The Kier molecular flexibility index (Phi) is 5.07. The van der Waals surface area contributed by atoms with Gasteiger partial charge >= 0.3 is 0 Å². The molecule has 1 aromatic carbocycles. The van der Waals surface area contributed by atoms with Crippen LogP contribution in [0.1, 0.15) is 67.9 Å². The molecule has 1 fully saturated rings. The fourth-order valence-electron chi connectivity index (χ4n) is 4.02. The summed E-state index contributed by atoms with van der Waals surface area (Å²) in [7, 11) is 0. The van der Waals surface area contributed by atoms with E-state index in [0.29, 0.717) is 12.5 Å². The monoisotopic (exact) mass is 367 g/mol. The van der Waals surface area contributed by atoms with E-state index >= 15 is 0 Å². The van der Waals surface area contributed by atoms with Gasteiger partial charge in [-0.25, -0.2) is 4.68 Å². The molecular formula is C21H25N3O3. The molecule has 1 unspecified atom stereocenters. The number of nitrogens with zero attached hydrogens (tertiary/aromatic N) is 2. The van der Waals surface area contributed by atoms with Crippen LogP contribution in [0.15, 0.2) is 35.1 Å². The molecule has 4 rings (SSSR count). The zero-order valence-electron chi connectivity index (χ0n) is 15.6. The summed E-state index contributed by atoms with van der Waals surface area (Å²) in [6, 6.07) is 9.60. The van der Waals surface area contributed by atoms with Crippen LogP contribution >= 0.6 is 0 Å². The highest BCUT2D eigenvalue weighted by molar-refractivity contribution is 5.90. The molecule has 6 nitrogen and oxygen atoms in total. The number of carbonyl (C=O) groups excluding carboxylic acids is 1. The molecule has 142 valence electrons. The van der Waals surface area contributed by atoms with Gasteiger partial charge in [-0.3, -0.25) is 9.59 Å². The lowest BCUT2D eigenvalue weighted by Gasteiger charge is -2.22. The van der Waals surface area contributed by atoms with Crippen molar-refractivity contribution in [2.24, 2.45) is 0 Å². The molecule has 1 amide bonds. The van der Waals surface area contributed by atoms with Crippen LogP contribution in [0.4, 0.5) is 5.69 Å². The van der Waals surface area contributed by atoms with Crippen molar-refractivity contribution < 1.29 is 9.53 Å². The van der Waals surface area contributed by atoms with Gasteiger partial charge in [0, 0.05) is 17.3 Å². The van der Waals surface area contributed by atoms with Crippen LogP contribution in [0, 0.1) is 0 Å². The summed E-state index contributed by atoms with van der Waals surface area (Å²) in [6.45, 7) is 2.18. The van der Waals surface area contributed by atoms with Gasteiger partial charge in [0.05, 0.1) is 18.4 Å². The number of fused-ring (bicyclic) bond motifs is 1. The van der Waals surface area contributed by atoms with Crippen LogP contribution in [-0.2, 0) is 22.7 Å². The quantitative estimate of drug-likeness (QED) is 0.897. The lowest BCUT2D eigenvalue weighted by atomic mass is 9.84. The third kappa shape index (κ3) is 3.95. The van der Waals surface area contributed by atoms with Crippen LogP contribution in [0.3, 0.4) is 0 Å². The average Bonchev–Trinajstić information content (AvgIpc) is 3.03. The highest BCUT2D eigenvalue weighted by Gasteiger charge is 2.23. The molecule has 1 atom stereocenters. The Labute approximate surface area is 158 Å². The maximum absolute atomic E-state index is 12.4. The normalized spacial score (nSPS) is 19.7. The molecule has 1 N–H and O–H groups in total. The molecule has 0 bridgehead atoms. The molecule has 6 heteroatoms. The molecule has 0 radical (unpaired) electrons. The Morgan fingerprint density at radius 2 is 1.96 bits per heavy atom. The number of amides is 1. The summed E-state index contributed by atoms with van der Waals surface area (Å²) in [5.41, 5.74) is 3.35. The lowest BCUT2D eigenvalue weighted by molar-refractivity contribution is -0.117. The Hall–Kier alpha value is -2.47. The Morgan fingerprint density at radius 3 is 2.70 bits per heavy atom. The number of aromatic nitrogens is 2. The van der Waals surface area contributed by atoms with E-state index in [2.05, 4.69) is 22.5 Å². The minimum atomic E-state index is -0.283. The third-order valence-corrected chi connectivity index (χ3v) is 5.55. The van der Waals surface area contributed by atoms with E-state index < -0.39 is 0 Å². The van der Waals surface area contributed by atoms with Crippen LogP contribution in [0.2, 0.25) is 0 Å². The maximum atomic E-state index is 12.4. The highest BCUT2D eigenvalue weighted by atomic mass is 16.5. The second-order valence-electron chi connectivity index (χ2n) is 7.51. The number of benzene rings is 1. The van der Waals surface area contributed by atoms with Gasteiger partial charge in [-0.15, -0.1) is 0 Å². The molecule has 0 saturated heterocycles. The van der Waals surface area contributed by atoms with E-state index in [1.165, 1.54) is 48.4 Å². The predicted molar refractivity (Wildman–Crippen MR) is 103 cm³/mol. The van der Waals surface area contributed by atoms with Gasteiger partial charge in [0.15, 0.2) is 0 Å². The van der Waals surface area contributed by atoms with Crippen molar-refractivity contribution in [3.63, 3.8) is 0 Å². The first kappa shape index (κ1) is 17.9. The van der Waals surface area contributed by atoms with E-state index in [4.69, 9.17) is 4.74 Å². The van der Waals surface area contributed by atoms with Gasteiger partial charge in [-0.05, 0) is 43.4 Å². The number of carbonyl (C=O) groups is 1. The van der Waals surface area contributed by atoms with Gasteiger partial charge in [0.25, 0.3) is 5.56 Å². The minimum absolute atomic E-state index is 0.108. The lowest BCUT2D eigenvalue weighted by Crippen LogP contribution is -2.30. The number of nitrogens with one attached hydrogen (secondary N) is 1. The molecule has 1 aromatic heterocycles. The van der Waals surface area contributed by atoms with Gasteiger partial charge in [0.1, 0.15) is 6.54 Å². The van der Waals surface area contributed by atoms with Crippen LogP contribution in [0.5, 0.6) is 0 Å². The number of anilines is 1. The van der Waals surface area contributed by atoms with Gasteiger partial charge < -0.3 is 10.1 Å². The van der Waals surface area contributed by atoms with E-state index in [1.807, 2.05) is 19.1 Å². The summed E-state index contributed by atoms with van der Waals surface area (Å²) in [4.78, 5) is 24.5. The van der Waals surface area contributed by atoms with Crippen molar-refractivity contribution in [1.82, 2.24) is 9.78 Å². The van der Waals surface area contributed by atoms with Crippen molar-refractivity contribution in [2.75, 3.05) is 5.32 Å². The first-order valence-corrected chi connectivity index (χ1v) is 9.72. The second-order valence-corrected chi connectivity index (χ2v) is 7.51. The Bertz CT molecular complexity index is 883. The Morgan fingerprint density at radius 1 is 1.22 bits per heavy atom. The van der Waals surface area contributed by atoms with Gasteiger partial charge in [-0.2, -0.15) is 5.10 Å². The maximum Gasteiger partial charge on any atom is 0.267 e. The van der Waals surface area contributed by atoms with Crippen molar-refractivity contribution >= 4 is 11.6 Å². The SMILES string of the molecule is CC1OCc2cc(=O)n(CC(=O)Nc3ccc(C4CCCCC4)cc3)nc21. The van der Waals surface area contributed by atoms with Gasteiger partial charge in [-0.1, -0.05) is 31.4 Å². The molecular weight excluding hydrogens is 342 g/mol. The molecule has 27 heavy (non-hydrogen) atoms. The number of ether oxygens (including phenoxy) is 1. The fraction of sp³-hybridized carbons (Fsp3) is 0.476. The zero-order chi connectivity index (χ0) is 18.8. The summed E-state index contributed by atoms with van der Waals surface area (Å²) < 4.78 is 6.68. The number of hydrogen-bond acceptors (Lipinski definition) is 4. The minimum Gasteiger partial charge on any atom is -0.367 e. The molecule has 0 spiro atoms. The van der Waals surface area contributed by atoms with E-state index in [-0.39, 0.29) is 24.1 Å². The molecule has 2 heterocycles. The summed E-state index contributed by atoms with van der Waals surface area (Å²) in [5, 5.41) is 7.17. The predicted octanol–water partition coefficient (Wildman–Crippen LogP) is 3.52. The van der Waals surface area contributed by atoms with Crippen LogP contribution in [-0.4, -0.2) is 15.7 Å². The van der Waals surface area contributed by atoms with Crippen molar-refractivity contribution in [3.8, 4) is 0 Å². The third-order valence-electron chi connectivity index (χ3n) is 5.55. The first-order valence-electron chi connectivity index (χ1n) is 9.72. The van der Waals surface area contributed by atoms with Gasteiger partial charge in [0.2, 0.25) is 5.91 Å². The number of rotatable bonds is 4. The largest absolute Gasteiger partial charge is 0.367 e. The van der Waals surface area contributed by atoms with E-state index in [0.717, 1.165) is 16.9 Å². The van der Waals surface area contributed by atoms with Crippen molar-refractivity contribution in [1.29, 1.82) is 0 Å². The fourth-order valence-corrected chi connectivity index (χ4v) is 4.02. The van der Waals surface area contributed by atoms with E-state index in [9.17, 15) is 9.59 Å². The molecule has 1 aliphatic carbocycles.